The molecule has 0 radical (unpaired) electrons. The Morgan fingerprint density at radius 3 is 2.56 bits per heavy atom. The largest absolute Gasteiger partial charge is 0.360 e. The molecule has 18 heavy (non-hydrogen) atoms. The van der Waals surface area contributed by atoms with E-state index in [0.717, 1.165) is 31.5 Å². The van der Waals surface area contributed by atoms with Gasteiger partial charge in [0, 0.05) is 19.5 Å². The van der Waals surface area contributed by atoms with Crippen LogP contribution in [0.15, 0.2) is 33.6 Å². The highest BCUT2D eigenvalue weighted by atomic mass is 32.2. The van der Waals surface area contributed by atoms with E-state index in [1.54, 1.807) is 24.3 Å². The molecule has 0 aliphatic carbocycles. The number of amidine groups is 1. The van der Waals surface area contributed by atoms with Gasteiger partial charge in [0.2, 0.25) is 0 Å². The number of aryl methyl sites for hydroxylation is 1. The third-order valence-corrected chi connectivity index (χ3v) is 4.44. The number of sulfonamides is 1. The lowest BCUT2D eigenvalue weighted by Gasteiger charge is -2.15. The molecule has 1 aliphatic heterocycles. The van der Waals surface area contributed by atoms with Crippen molar-refractivity contribution >= 4 is 15.9 Å². The fourth-order valence-electron chi connectivity index (χ4n) is 2.06. The quantitative estimate of drug-likeness (QED) is 0.842. The Labute approximate surface area is 108 Å². The van der Waals surface area contributed by atoms with E-state index < -0.39 is 10.0 Å². The molecule has 1 saturated heterocycles. The summed E-state index contributed by atoms with van der Waals surface area (Å²) >= 11 is 0. The molecule has 0 spiro atoms. The maximum atomic E-state index is 12.1. The van der Waals surface area contributed by atoms with E-state index in [9.17, 15) is 8.42 Å². The van der Waals surface area contributed by atoms with E-state index in [2.05, 4.69) is 4.40 Å². The second-order valence-electron chi connectivity index (χ2n) is 4.48. The molecule has 0 saturated carbocycles. The highest BCUT2D eigenvalue weighted by Gasteiger charge is 2.21. The Hall–Kier alpha value is -1.36. The van der Waals surface area contributed by atoms with Crippen LogP contribution >= 0.6 is 0 Å². The van der Waals surface area contributed by atoms with Gasteiger partial charge in [-0.25, -0.2) is 0 Å². The van der Waals surface area contributed by atoms with Gasteiger partial charge in [0.05, 0.1) is 4.90 Å². The van der Waals surface area contributed by atoms with Crippen molar-refractivity contribution in [2.24, 2.45) is 4.40 Å². The third-order valence-electron chi connectivity index (χ3n) is 3.12. The van der Waals surface area contributed by atoms with Gasteiger partial charge in [-0.2, -0.15) is 8.42 Å². The first-order chi connectivity index (χ1) is 8.53. The van der Waals surface area contributed by atoms with E-state index in [0.29, 0.717) is 5.84 Å². The lowest BCUT2D eigenvalue weighted by Crippen LogP contribution is -2.25. The summed E-state index contributed by atoms with van der Waals surface area (Å²) in [7, 11) is -3.56. The smallest absolute Gasteiger partial charge is 0.283 e. The minimum atomic E-state index is -3.56. The second-order valence-corrected chi connectivity index (χ2v) is 6.08. The molecule has 0 unspecified atom stereocenters. The fraction of sp³-hybridized carbons (Fsp3) is 0.462. The van der Waals surface area contributed by atoms with Gasteiger partial charge < -0.3 is 4.90 Å². The Bertz CT molecular complexity index is 547. The average Bonchev–Trinajstić information content (AvgIpc) is 2.76. The molecule has 1 fully saturated rings. The van der Waals surface area contributed by atoms with Crippen LogP contribution in [0.3, 0.4) is 0 Å². The average molecular weight is 266 g/mol. The monoisotopic (exact) mass is 266 g/mol. The molecule has 0 amide bonds. The zero-order valence-electron chi connectivity index (χ0n) is 10.8. The summed E-state index contributed by atoms with van der Waals surface area (Å²) in [4.78, 5) is 2.29. The number of nitrogens with zero attached hydrogens (tertiary/aromatic N) is 2. The predicted molar refractivity (Wildman–Crippen MR) is 72.3 cm³/mol. The minimum Gasteiger partial charge on any atom is -0.360 e. The lowest BCUT2D eigenvalue weighted by molar-refractivity contribution is 0.479. The second kappa shape index (κ2) is 5.10. The highest BCUT2D eigenvalue weighted by molar-refractivity contribution is 7.90. The van der Waals surface area contributed by atoms with Crippen LogP contribution in [-0.4, -0.2) is 32.2 Å². The van der Waals surface area contributed by atoms with Crippen molar-refractivity contribution in [3.63, 3.8) is 0 Å². The van der Waals surface area contributed by atoms with Gasteiger partial charge in [0.25, 0.3) is 10.0 Å². The lowest BCUT2D eigenvalue weighted by atomic mass is 10.2. The van der Waals surface area contributed by atoms with Gasteiger partial charge in [-0.1, -0.05) is 17.7 Å². The predicted octanol–water partition coefficient (Wildman–Crippen LogP) is 2.20. The molecule has 4 nitrogen and oxygen atoms in total. The van der Waals surface area contributed by atoms with Crippen molar-refractivity contribution < 1.29 is 8.42 Å². The molecule has 0 aromatic heterocycles. The van der Waals surface area contributed by atoms with Crippen LogP contribution in [0, 0.1) is 6.92 Å². The fourth-order valence-corrected chi connectivity index (χ4v) is 3.13. The zero-order valence-corrected chi connectivity index (χ0v) is 11.6. The molecule has 2 rings (SSSR count). The highest BCUT2D eigenvalue weighted by Crippen LogP contribution is 2.18. The first-order valence-electron chi connectivity index (χ1n) is 6.18. The minimum absolute atomic E-state index is 0.267. The van der Waals surface area contributed by atoms with Crippen molar-refractivity contribution in [2.45, 2.75) is 31.6 Å². The summed E-state index contributed by atoms with van der Waals surface area (Å²) in [6, 6.07) is 6.80. The zero-order chi connectivity index (χ0) is 13.2. The number of hydrogen-bond acceptors (Lipinski definition) is 2. The Morgan fingerprint density at radius 1 is 1.28 bits per heavy atom. The van der Waals surface area contributed by atoms with Crippen LogP contribution in [0.4, 0.5) is 0 Å². The van der Waals surface area contributed by atoms with Crippen molar-refractivity contribution in [3.05, 3.63) is 29.8 Å². The molecule has 98 valence electrons. The van der Waals surface area contributed by atoms with Gasteiger partial charge in [-0.15, -0.1) is 4.40 Å². The molecule has 1 aliphatic rings. The number of rotatable bonds is 3. The van der Waals surface area contributed by atoms with Crippen LogP contribution in [0.5, 0.6) is 0 Å². The van der Waals surface area contributed by atoms with Crippen LogP contribution in [0.1, 0.15) is 25.3 Å². The third kappa shape index (κ3) is 2.72. The van der Waals surface area contributed by atoms with E-state index in [1.807, 2.05) is 18.7 Å². The van der Waals surface area contributed by atoms with Crippen molar-refractivity contribution in [1.29, 1.82) is 0 Å². The van der Waals surface area contributed by atoms with Crippen LogP contribution in [0.2, 0.25) is 0 Å². The van der Waals surface area contributed by atoms with Gasteiger partial charge in [-0.3, -0.25) is 0 Å². The van der Waals surface area contributed by atoms with Crippen molar-refractivity contribution in [1.82, 2.24) is 4.90 Å². The normalized spacial score (nSPS) is 18.6. The van der Waals surface area contributed by atoms with E-state index in [4.69, 9.17) is 0 Å². The van der Waals surface area contributed by atoms with E-state index in [-0.39, 0.29) is 4.90 Å². The van der Waals surface area contributed by atoms with Crippen LogP contribution in [0.25, 0.3) is 0 Å². The SMILES string of the molecule is CCN1CCC/C1=N/S(=O)(=O)c1ccc(C)cc1. The van der Waals surface area contributed by atoms with E-state index in [1.165, 1.54) is 0 Å². The topological polar surface area (TPSA) is 49.7 Å². The van der Waals surface area contributed by atoms with Gasteiger partial charge in [-0.05, 0) is 32.4 Å². The molecular formula is C13H18N2O2S. The summed E-state index contributed by atoms with van der Waals surface area (Å²) in [6.07, 6.45) is 1.73. The molecule has 1 heterocycles. The summed E-state index contributed by atoms with van der Waals surface area (Å²) in [6.45, 7) is 5.65. The first kappa shape index (κ1) is 13.1. The summed E-state index contributed by atoms with van der Waals surface area (Å²) < 4.78 is 28.3. The Morgan fingerprint density at radius 2 is 1.94 bits per heavy atom. The van der Waals surface area contributed by atoms with E-state index >= 15 is 0 Å². The summed E-state index contributed by atoms with van der Waals surface area (Å²) in [5.41, 5.74) is 1.04. The van der Waals surface area contributed by atoms with Gasteiger partial charge in [0.15, 0.2) is 0 Å². The molecule has 5 heteroatoms. The van der Waals surface area contributed by atoms with Gasteiger partial charge in [0.1, 0.15) is 5.84 Å². The molecular weight excluding hydrogens is 248 g/mol. The molecule has 1 aromatic carbocycles. The number of likely N-dealkylation sites (tertiary alicyclic amines) is 1. The number of benzene rings is 1. The maximum Gasteiger partial charge on any atom is 0.283 e. The van der Waals surface area contributed by atoms with Crippen LogP contribution in [-0.2, 0) is 10.0 Å². The van der Waals surface area contributed by atoms with Crippen molar-refractivity contribution in [3.8, 4) is 0 Å². The van der Waals surface area contributed by atoms with Crippen molar-refractivity contribution in [2.75, 3.05) is 13.1 Å². The standard InChI is InChI=1S/C13H18N2O2S/c1-3-15-10-4-5-13(15)14-18(16,17)12-8-6-11(2)7-9-12/h6-9H,3-5,10H2,1-2H3/b14-13-. The Balaban J connectivity index is 2.32. The molecule has 0 bridgehead atoms. The summed E-state index contributed by atoms with van der Waals surface area (Å²) in [5, 5.41) is 0. The Kier molecular flexibility index (Phi) is 3.71. The molecule has 0 N–H and O–H groups in total. The summed E-state index contributed by atoms with van der Waals surface area (Å²) in [5.74, 6) is 0.693. The van der Waals surface area contributed by atoms with Crippen LogP contribution < -0.4 is 0 Å². The number of hydrogen-bond donors (Lipinski definition) is 0. The first-order valence-corrected chi connectivity index (χ1v) is 7.62. The van der Waals surface area contributed by atoms with Gasteiger partial charge >= 0.3 is 0 Å². The molecule has 1 aromatic rings. The maximum absolute atomic E-state index is 12.1. The molecule has 0 atom stereocenters.